The lowest BCUT2D eigenvalue weighted by Crippen LogP contribution is -2.42. The van der Waals surface area contributed by atoms with Crippen molar-refractivity contribution in [3.63, 3.8) is 0 Å². The molecule has 100 valence electrons. The van der Waals surface area contributed by atoms with Gasteiger partial charge in [-0.1, -0.05) is 26.8 Å². The van der Waals surface area contributed by atoms with Gasteiger partial charge in [0.25, 0.3) is 0 Å². The van der Waals surface area contributed by atoms with E-state index in [1.807, 2.05) is 6.08 Å². The summed E-state index contributed by atoms with van der Waals surface area (Å²) in [6, 6.07) is 0.686. The molecule has 1 saturated carbocycles. The van der Waals surface area contributed by atoms with Crippen molar-refractivity contribution in [1.82, 2.24) is 5.32 Å². The third-order valence-electron chi connectivity index (χ3n) is 3.81. The minimum absolute atomic E-state index is 0.540. The highest BCUT2D eigenvalue weighted by atomic mass is 16.5. The van der Waals surface area contributed by atoms with Crippen LogP contribution in [0.3, 0.4) is 0 Å². The van der Waals surface area contributed by atoms with Gasteiger partial charge in [-0.25, -0.2) is 0 Å². The van der Waals surface area contributed by atoms with Crippen molar-refractivity contribution in [2.75, 3.05) is 19.8 Å². The number of ether oxygens (including phenoxy) is 1. The van der Waals surface area contributed by atoms with Gasteiger partial charge in [-0.15, -0.1) is 6.58 Å². The quantitative estimate of drug-likeness (QED) is 0.543. The molecular formula is C15H29NO. The third-order valence-corrected chi connectivity index (χ3v) is 3.81. The van der Waals surface area contributed by atoms with Crippen LogP contribution in [0.4, 0.5) is 0 Å². The molecule has 1 rings (SSSR count). The molecule has 0 aromatic rings. The van der Waals surface area contributed by atoms with Gasteiger partial charge in [0.15, 0.2) is 0 Å². The predicted molar refractivity (Wildman–Crippen MR) is 74.2 cm³/mol. The maximum absolute atomic E-state index is 5.51. The maximum atomic E-state index is 5.51. The standard InChI is InChI=1S/C15H29NO/c1-5-6-10-17-11-9-16-14-7-8-15(3,4)12-13(14)2/h5,13-14,16H,1,6-12H2,2-4H3. The third kappa shape index (κ3) is 5.69. The van der Waals surface area contributed by atoms with Crippen molar-refractivity contribution in [3.05, 3.63) is 12.7 Å². The molecule has 0 aromatic carbocycles. The number of hydrogen-bond acceptors (Lipinski definition) is 2. The Balaban J connectivity index is 2.09. The Morgan fingerprint density at radius 1 is 1.41 bits per heavy atom. The van der Waals surface area contributed by atoms with Gasteiger partial charge in [0.05, 0.1) is 13.2 Å². The lowest BCUT2D eigenvalue weighted by molar-refractivity contribution is 0.117. The summed E-state index contributed by atoms with van der Waals surface area (Å²) in [4.78, 5) is 0. The Kier molecular flexibility index (Phi) is 6.21. The fourth-order valence-electron chi connectivity index (χ4n) is 2.84. The van der Waals surface area contributed by atoms with Crippen LogP contribution in [0.5, 0.6) is 0 Å². The minimum atomic E-state index is 0.540. The zero-order valence-corrected chi connectivity index (χ0v) is 11.8. The first kappa shape index (κ1) is 14.7. The van der Waals surface area contributed by atoms with Crippen LogP contribution in [-0.4, -0.2) is 25.8 Å². The van der Waals surface area contributed by atoms with Gasteiger partial charge < -0.3 is 10.1 Å². The zero-order valence-electron chi connectivity index (χ0n) is 11.8. The molecule has 0 bridgehead atoms. The van der Waals surface area contributed by atoms with Crippen LogP contribution in [-0.2, 0) is 4.74 Å². The first-order valence-corrected chi connectivity index (χ1v) is 6.97. The second kappa shape index (κ2) is 7.17. The normalized spacial score (nSPS) is 27.9. The van der Waals surface area contributed by atoms with Crippen molar-refractivity contribution < 1.29 is 4.74 Å². The number of nitrogens with one attached hydrogen (secondary N) is 1. The largest absolute Gasteiger partial charge is 0.380 e. The van der Waals surface area contributed by atoms with E-state index in [1.165, 1.54) is 19.3 Å². The maximum Gasteiger partial charge on any atom is 0.0591 e. The van der Waals surface area contributed by atoms with E-state index in [2.05, 4.69) is 32.7 Å². The molecule has 1 N–H and O–H groups in total. The number of hydrogen-bond donors (Lipinski definition) is 1. The topological polar surface area (TPSA) is 21.3 Å². The van der Waals surface area contributed by atoms with Gasteiger partial charge in [-0.3, -0.25) is 0 Å². The predicted octanol–water partition coefficient (Wildman–Crippen LogP) is 3.38. The molecule has 2 heteroatoms. The van der Waals surface area contributed by atoms with Gasteiger partial charge in [0, 0.05) is 12.6 Å². The molecule has 1 aliphatic rings. The minimum Gasteiger partial charge on any atom is -0.380 e. The van der Waals surface area contributed by atoms with Crippen molar-refractivity contribution in [1.29, 1.82) is 0 Å². The van der Waals surface area contributed by atoms with Gasteiger partial charge in [0.2, 0.25) is 0 Å². The van der Waals surface area contributed by atoms with Crippen LogP contribution < -0.4 is 5.32 Å². The van der Waals surface area contributed by atoms with Crippen LogP contribution >= 0.6 is 0 Å². The van der Waals surface area contributed by atoms with E-state index in [9.17, 15) is 0 Å². The smallest absolute Gasteiger partial charge is 0.0591 e. The Morgan fingerprint density at radius 3 is 2.82 bits per heavy atom. The molecular weight excluding hydrogens is 210 g/mol. The Morgan fingerprint density at radius 2 is 2.18 bits per heavy atom. The van der Waals surface area contributed by atoms with Crippen molar-refractivity contribution >= 4 is 0 Å². The molecule has 0 aromatic heterocycles. The molecule has 17 heavy (non-hydrogen) atoms. The van der Waals surface area contributed by atoms with Crippen molar-refractivity contribution in [2.45, 2.75) is 52.5 Å². The van der Waals surface area contributed by atoms with E-state index in [0.717, 1.165) is 32.1 Å². The van der Waals surface area contributed by atoms with Gasteiger partial charge in [-0.05, 0) is 37.0 Å². The van der Waals surface area contributed by atoms with Crippen molar-refractivity contribution in [3.8, 4) is 0 Å². The van der Waals surface area contributed by atoms with E-state index >= 15 is 0 Å². The van der Waals surface area contributed by atoms with Crippen molar-refractivity contribution in [2.24, 2.45) is 11.3 Å². The summed E-state index contributed by atoms with van der Waals surface area (Å²) < 4.78 is 5.51. The van der Waals surface area contributed by atoms with Crippen LogP contribution in [0, 0.1) is 11.3 Å². The molecule has 0 spiro atoms. The second-order valence-electron chi connectivity index (χ2n) is 6.13. The molecule has 2 nitrogen and oxygen atoms in total. The summed E-state index contributed by atoms with van der Waals surface area (Å²) in [6.45, 7) is 13.4. The molecule has 0 aliphatic heterocycles. The highest BCUT2D eigenvalue weighted by Crippen LogP contribution is 2.38. The van der Waals surface area contributed by atoms with Crippen LogP contribution in [0.2, 0.25) is 0 Å². The fourth-order valence-corrected chi connectivity index (χ4v) is 2.84. The van der Waals surface area contributed by atoms with E-state index < -0.39 is 0 Å². The summed E-state index contributed by atoms with van der Waals surface area (Å²) in [7, 11) is 0. The SMILES string of the molecule is C=CCCOCCNC1CCC(C)(C)CC1C. The van der Waals surface area contributed by atoms with Crippen LogP contribution in [0.15, 0.2) is 12.7 Å². The summed E-state index contributed by atoms with van der Waals surface area (Å²) in [5.41, 5.74) is 0.540. The molecule has 0 saturated heterocycles. The van der Waals surface area contributed by atoms with E-state index in [4.69, 9.17) is 4.74 Å². The fraction of sp³-hybridized carbons (Fsp3) is 0.867. The van der Waals surface area contributed by atoms with Gasteiger partial charge in [-0.2, -0.15) is 0 Å². The molecule has 2 atom stereocenters. The summed E-state index contributed by atoms with van der Waals surface area (Å²) >= 11 is 0. The molecule has 1 aliphatic carbocycles. The summed E-state index contributed by atoms with van der Waals surface area (Å²) in [5, 5.41) is 3.64. The lowest BCUT2D eigenvalue weighted by atomic mass is 9.70. The highest BCUT2D eigenvalue weighted by Gasteiger charge is 2.31. The van der Waals surface area contributed by atoms with Crippen LogP contribution in [0.1, 0.15) is 46.5 Å². The van der Waals surface area contributed by atoms with Crippen LogP contribution in [0.25, 0.3) is 0 Å². The van der Waals surface area contributed by atoms with E-state index in [1.54, 1.807) is 0 Å². The Bertz CT molecular complexity index is 225. The summed E-state index contributed by atoms with van der Waals surface area (Å²) in [5.74, 6) is 0.784. The second-order valence-corrected chi connectivity index (χ2v) is 6.13. The molecule has 0 amide bonds. The lowest BCUT2D eigenvalue weighted by Gasteiger charge is -2.39. The van der Waals surface area contributed by atoms with Gasteiger partial charge in [0.1, 0.15) is 0 Å². The average molecular weight is 239 g/mol. The first-order chi connectivity index (χ1) is 8.05. The molecule has 2 unspecified atom stereocenters. The first-order valence-electron chi connectivity index (χ1n) is 6.97. The highest BCUT2D eigenvalue weighted by molar-refractivity contribution is 4.86. The Labute approximate surface area is 107 Å². The monoisotopic (exact) mass is 239 g/mol. The summed E-state index contributed by atoms with van der Waals surface area (Å²) in [6.07, 6.45) is 6.84. The van der Waals surface area contributed by atoms with E-state index in [-0.39, 0.29) is 0 Å². The molecule has 0 radical (unpaired) electrons. The van der Waals surface area contributed by atoms with Gasteiger partial charge >= 0.3 is 0 Å². The van der Waals surface area contributed by atoms with E-state index in [0.29, 0.717) is 11.5 Å². The molecule has 0 heterocycles. The zero-order chi connectivity index (χ0) is 12.7. The number of rotatable bonds is 7. The Hall–Kier alpha value is -0.340. The molecule has 1 fully saturated rings. The average Bonchev–Trinajstić information content (AvgIpc) is 2.25.